The minimum Gasteiger partial charge on any atom is -0.496 e. The lowest BCUT2D eigenvalue weighted by atomic mass is 9.78. The van der Waals surface area contributed by atoms with Gasteiger partial charge >= 0.3 is 13.3 Å². The molecule has 8 nitrogen and oxygen atoms in total. The Hall–Kier alpha value is -3.35. The first-order valence-corrected chi connectivity index (χ1v) is 9.71. The molecule has 0 aromatic heterocycles. The zero-order valence-electron chi connectivity index (χ0n) is 18.1. The van der Waals surface area contributed by atoms with Gasteiger partial charge in [-0.2, -0.15) is 0 Å². The molecule has 1 aliphatic rings. The van der Waals surface area contributed by atoms with Gasteiger partial charge in [-0.3, -0.25) is 19.9 Å². The van der Waals surface area contributed by atoms with Crippen LogP contribution in [0.5, 0.6) is 5.75 Å². The summed E-state index contributed by atoms with van der Waals surface area (Å²) in [6, 6.07) is 9.77. The van der Waals surface area contributed by atoms with Crippen LogP contribution in [-0.2, 0) is 4.65 Å². The van der Waals surface area contributed by atoms with E-state index >= 15 is 0 Å². The normalized spacial score (nSPS) is 15.1. The van der Waals surface area contributed by atoms with Crippen molar-refractivity contribution in [2.75, 3.05) is 7.11 Å². The molecule has 3 rings (SSSR count). The van der Waals surface area contributed by atoms with Crippen LogP contribution in [0.3, 0.4) is 0 Å². The summed E-state index contributed by atoms with van der Waals surface area (Å²) in [6.07, 6.45) is -0.899. The Morgan fingerprint density at radius 3 is 2.61 bits per heavy atom. The summed E-state index contributed by atoms with van der Waals surface area (Å²) in [4.78, 5) is 29.7. The first kappa shape index (κ1) is 22.3. The second-order valence-electron chi connectivity index (χ2n) is 8.20. The van der Waals surface area contributed by atoms with Crippen molar-refractivity contribution in [3.8, 4) is 5.75 Å². The minimum absolute atomic E-state index is 0.254. The number of fused-ring (bicyclic) bond motifs is 1. The minimum atomic E-state index is -1.28. The van der Waals surface area contributed by atoms with Crippen molar-refractivity contribution in [2.24, 2.45) is 0 Å². The SMILES string of the molecule is [C-]#[N+]C1OB(O)c2cc(C(=O)N(NC(=O)c3cccc(OC)c3C)C(C)(C)C)ccc21. The van der Waals surface area contributed by atoms with Gasteiger partial charge in [-0.15, -0.1) is 0 Å². The lowest BCUT2D eigenvalue weighted by Gasteiger charge is -2.35. The second-order valence-corrected chi connectivity index (χ2v) is 8.20. The van der Waals surface area contributed by atoms with Crippen LogP contribution in [0.4, 0.5) is 0 Å². The van der Waals surface area contributed by atoms with E-state index in [1.54, 1.807) is 58.0 Å². The molecule has 0 radical (unpaired) electrons. The zero-order valence-corrected chi connectivity index (χ0v) is 18.1. The molecular weight excluding hydrogens is 397 g/mol. The maximum atomic E-state index is 13.3. The van der Waals surface area contributed by atoms with Gasteiger partial charge in [0.1, 0.15) is 5.75 Å². The smallest absolute Gasteiger partial charge is 0.496 e. The molecule has 1 unspecified atom stereocenters. The van der Waals surface area contributed by atoms with E-state index in [4.69, 9.17) is 16.0 Å². The van der Waals surface area contributed by atoms with Crippen molar-refractivity contribution in [3.63, 3.8) is 0 Å². The number of rotatable bonds is 3. The molecule has 1 heterocycles. The van der Waals surface area contributed by atoms with Crippen LogP contribution in [0.2, 0.25) is 0 Å². The molecule has 160 valence electrons. The van der Waals surface area contributed by atoms with Gasteiger partial charge in [0.05, 0.1) is 18.2 Å². The Labute approximate surface area is 181 Å². The van der Waals surface area contributed by atoms with Crippen LogP contribution in [0.15, 0.2) is 36.4 Å². The highest BCUT2D eigenvalue weighted by Crippen LogP contribution is 2.26. The summed E-state index contributed by atoms with van der Waals surface area (Å²) in [6.45, 7) is 14.3. The van der Waals surface area contributed by atoms with E-state index < -0.39 is 30.7 Å². The monoisotopic (exact) mass is 421 g/mol. The molecule has 0 fully saturated rings. The van der Waals surface area contributed by atoms with Gasteiger partial charge in [-0.25, -0.2) is 11.6 Å². The predicted octanol–water partition coefficient (Wildman–Crippen LogP) is 2.22. The molecule has 0 saturated heterocycles. The van der Waals surface area contributed by atoms with E-state index in [0.29, 0.717) is 27.9 Å². The quantitative estimate of drug-likeness (QED) is 0.451. The van der Waals surface area contributed by atoms with Gasteiger partial charge in [0.15, 0.2) is 0 Å². The van der Waals surface area contributed by atoms with Gasteiger partial charge in [-0.05, 0) is 63.5 Å². The number of hydrogen-bond acceptors (Lipinski definition) is 5. The van der Waals surface area contributed by atoms with Gasteiger partial charge in [0.2, 0.25) is 0 Å². The first-order valence-electron chi connectivity index (χ1n) is 9.71. The molecule has 9 heteroatoms. The van der Waals surface area contributed by atoms with E-state index in [1.165, 1.54) is 18.2 Å². The molecular formula is C22H24BN3O5. The molecule has 0 bridgehead atoms. The third-order valence-electron chi connectivity index (χ3n) is 5.08. The van der Waals surface area contributed by atoms with Crippen molar-refractivity contribution in [1.82, 2.24) is 10.4 Å². The average Bonchev–Trinajstić information content (AvgIpc) is 3.06. The van der Waals surface area contributed by atoms with E-state index in [9.17, 15) is 14.6 Å². The number of amides is 2. The number of carbonyl (C=O) groups excluding carboxylic acids is 2. The molecule has 31 heavy (non-hydrogen) atoms. The first-order chi connectivity index (χ1) is 14.6. The largest absolute Gasteiger partial charge is 0.497 e. The number of ether oxygens (including phenoxy) is 1. The molecule has 2 aromatic rings. The lowest BCUT2D eigenvalue weighted by Crippen LogP contribution is -2.56. The highest BCUT2D eigenvalue weighted by atomic mass is 16.5. The Morgan fingerprint density at radius 2 is 2.00 bits per heavy atom. The van der Waals surface area contributed by atoms with Crippen molar-refractivity contribution < 1.29 is 24.0 Å². The average molecular weight is 421 g/mol. The predicted molar refractivity (Wildman–Crippen MR) is 116 cm³/mol. The summed E-state index contributed by atoms with van der Waals surface area (Å²) in [7, 11) is 0.249. The topological polar surface area (TPSA) is 92.5 Å². The molecule has 2 aromatic carbocycles. The number of benzene rings is 2. The van der Waals surface area contributed by atoms with Crippen LogP contribution < -0.4 is 15.6 Å². The zero-order chi connectivity index (χ0) is 22.9. The molecule has 2 amide bonds. The van der Waals surface area contributed by atoms with Crippen LogP contribution in [0.1, 0.15) is 58.8 Å². The standard InChI is InChI=1S/C22H24BN3O5/c1-13-15(8-7-9-18(13)30-6)19(27)25-26(22(2,3)4)21(28)14-10-11-16-17(12-14)23(29)31-20(16)24-5/h7-12,20,29H,1-4,6H3,(H,25,27). The Kier molecular flexibility index (Phi) is 6.07. The number of hydrogen-bond donors (Lipinski definition) is 2. The number of hydrazine groups is 1. The van der Waals surface area contributed by atoms with Crippen molar-refractivity contribution in [3.05, 3.63) is 70.1 Å². The maximum Gasteiger partial charge on any atom is 0.497 e. The van der Waals surface area contributed by atoms with Crippen LogP contribution in [0.25, 0.3) is 4.85 Å². The number of methoxy groups -OCH3 is 1. The highest BCUT2D eigenvalue weighted by Gasteiger charge is 2.40. The summed E-state index contributed by atoms with van der Waals surface area (Å²) < 4.78 is 10.5. The molecule has 2 N–H and O–H groups in total. The fraction of sp³-hybridized carbons (Fsp3) is 0.318. The summed E-state index contributed by atoms with van der Waals surface area (Å²) in [5, 5.41) is 11.3. The Morgan fingerprint density at radius 1 is 1.29 bits per heavy atom. The fourth-order valence-corrected chi connectivity index (χ4v) is 3.41. The van der Waals surface area contributed by atoms with Crippen molar-refractivity contribution in [1.29, 1.82) is 0 Å². The summed E-state index contributed by atoms with van der Waals surface area (Å²) >= 11 is 0. The van der Waals surface area contributed by atoms with Crippen molar-refractivity contribution >= 4 is 24.4 Å². The van der Waals surface area contributed by atoms with Gasteiger partial charge in [0.25, 0.3) is 11.8 Å². The number of nitrogens with zero attached hydrogens (tertiary/aromatic N) is 2. The van der Waals surface area contributed by atoms with E-state index in [2.05, 4.69) is 10.3 Å². The van der Waals surface area contributed by atoms with E-state index in [1.807, 2.05) is 0 Å². The maximum absolute atomic E-state index is 13.3. The Balaban J connectivity index is 1.92. The summed E-state index contributed by atoms with van der Waals surface area (Å²) in [5.41, 5.74) is 4.16. The molecule has 1 aliphatic heterocycles. The van der Waals surface area contributed by atoms with Gasteiger partial charge < -0.3 is 14.4 Å². The van der Waals surface area contributed by atoms with E-state index in [-0.39, 0.29) is 5.56 Å². The summed E-state index contributed by atoms with van der Waals surface area (Å²) in [5.74, 6) is -0.330. The number of nitrogens with one attached hydrogen (secondary N) is 1. The highest BCUT2D eigenvalue weighted by molar-refractivity contribution is 6.62. The molecule has 0 aliphatic carbocycles. The van der Waals surface area contributed by atoms with Crippen LogP contribution in [0, 0.1) is 13.5 Å². The molecule has 0 spiro atoms. The van der Waals surface area contributed by atoms with Crippen LogP contribution in [-0.4, -0.2) is 41.6 Å². The lowest BCUT2D eigenvalue weighted by molar-refractivity contribution is 0.0358. The van der Waals surface area contributed by atoms with Gasteiger partial charge in [0, 0.05) is 16.7 Å². The molecule has 1 atom stereocenters. The Bertz CT molecular complexity index is 1070. The fourth-order valence-electron chi connectivity index (χ4n) is 3.41. The van der Waals surface area contributed by atoms with Crippen LogP contribution >= 0.6 is 0 Å². The third-order valence-corrected chi connectivity index (χ3v) is 5.08. The van der Waals surface area contributed by atoms with E-state index in [0.717, 1.165) is 0 Å². The van der Waals surface area contributed by atoms with Gasteiger partial charge in [-0.1, -0.05) is 6.07 Å². The van der Waals surface area contributed by atoms with Crippen molar-refractivity contribution in [2.45, 2.75) is 39.5 Å². The second kappa shape index (κ2) is 8.42. The number of carbonyl (C=O) groups is 2. The third kappa shape index (κ3) is 4.26. The molecule has 0 saturated carbocycles.